The summed E-state index contributed by atoms with van der Waals surface area (Å²) in [5.74, 6) is 0. The maximum absolute atomic E-state index is 10.1. The van der Waals surface area contributed by atoms with Crippen molar-refractivity contribution in [2.24, 2.45) is 0 Å². The summed E-state index contributed by atoms with van der Waals surface area (Å²) < 4.78 is 0. The molecule has 0 unspecified atom stereocenters. The first-order chi connectivity index (χ1) is 4.74. The number of rotatable bonds is 2. The maximum atomic E-state index is 10.1. The van der Waals surface area contributed by atoms with Gasteiger partial charge in [-0.15, -0.1) is 11.3 Å². The van der Waals surface area contributed by atoms with Gasteiger partial charge in [-0.25, -0.2) is 0 Å². The molecule has 10 heavy (non-hydrogen) atoms. The van der Waals surface area contributed by atoms with E-state index in [1.165, 1.54) is 15.3 Å². The van der Waals surface area contributed by atoms with E-state index in [0.29, 0.717) is 6.42 Å². The lowest BCUT2D eigenvalue weighted by atomic mass is 10.2. The molecule has 1 aromatic heterocycles. The Kier molecular flexibility index (Phi) is 2.22. The van der Waals surface area contributed by atoms with Gasteiger partial charge in [-0.05, 0) is 25.5 Å². The Morgan fingerprint density at radius 2 is 2.30 bits per heavy atom. The van der Waals surface area contributed by atoms with Crippen molar-refractivity contribution < 1.29 is 4.79 Å². The summed E-state index contributed by atoms with van der Waals surface area (Å²) in [6.07, 6.45) is 1.52. The molecule has 0 aromatic carbocycles. The third-order valence-electron chi connectivity index (χ3n) is 1.45. The second kappa shape index (κ2) is 2.97. The third-order valence-corrected chi connectivity index (χ3v) is 2.46. The van der Waals surface area contributed by atoms with Gasteiger partial charge in [-0.2, -0.15) is 0 Å². The molecule has 0 amide bonds. The van der Waals surface area contributed by atoms with Crippen LogP contribution < -0.4 is 0 Å². The van der Waals surface area contributed by atoms with Crippen molar-refractivity contribution in [2.75, 3.05) is 0 Å². The average Bonchev–Trinajstić information content (AvgIpc) is 2.13. The lowest BCUT2D eigenvalue weighted by Gasteiger charge is -1.87. The monoisotopic (exact) mass is 154 g/mol. The molecule has 2 heteroatoms. The van der Waals surface area contributed by atoms with Crippen molar-refractivity contribution in [1.82, 2.24) is 0 Å². The highest BCUT2D eigenvalue weighted by Crippen LogP contribution is 2.19. The summed E-state index contributed by atoms with van der Waals surface area (Å²) >= 11 is 1.75. The van der Waals surface area contributed by atoms with Crippen molar-refractivity contribution in [3.63, 3.8) is 0 Å². The van der Waals surface area contributed by atoms with Crippen LogP contribution >= 0.6 is 11.3 Å². The van der Waals surface area contributed by atoms with E-state index >= 15 is 0 Å². The van der Waals surface area contributed by atoms with E-state index in [0.717, 1.165) is 6.29 Å². The van der Waals surface area contributed by atoms with Gasteiger partial charge in [0, 0.05) is 16.2 Å². The average molecular weight is 154 g/mol. The quantitative estimate of drug-likeness (QED) is 0.596. The molecule has 1 heterocycles. The molecule has 1 nitrogen and oxygen atoms in total. The molecule has 1 aromatic rings. The van der Waals surface area contributed by atoms with Crippen LogP contribution in [0.4, 0.5) is 0 Å². The molecule has 1 rings (SSSR count). The van der Waals surface area contributed by atoms with Crippen molar-refractivity contribution in [3.05, 3.63) is 21.4 Å². The highest BCUT2D eigenvalue weighted by molar-refractivity contribution is 7.12. The van der Waals surface area contributed by atoms with Gasteiger partial charge in [0.1, 0.15) is 6.29 Å². The van der Waals surface area contributed by atoms with E-state index in [1.54, 1.807) is 11.3 Å². The van der Waals surface area contributed by atoms with Crippen molar-refractivity contribution >= 4 is 17.6 Å². The predicted octanol–water partition coefficient (Wildman–Crippen LogP) is 2.11. The van der Waals surface area contributed by atoms with Crippen molar-refractivity contribution in [1.29, 1.82) is 0 Å². The predicted molar refractivity (Wildman–Crippen MR) is 43.6 cm³/mol. The minimum Gasteiger partial charge on any atom is -0.303 e. The first-order valence-corrected chi connectivity index (χ1v) is 4.05. The Hall–Kier alpha value is -0.630. The number of aryl methyl sites for hydroxylation is 2. The first kappa shape index (κ1) is 7.48. The second-order valence-corrected chi connectivity index (χ2v) is 3.77. The molecule has 0 saturated carbocycles. The normalized spacial score (nSPS) is 9.80. The molecule has 0 fully saturated rings. The molecular weight excluding hydrogens is 144 g/mol. The molecule has 0 aliphatic rings. The summed E-state index contributed by atoms with van der Waals surface area (Å²) in [6.45, 7) is 4.11. The van der Waals surface area contributed by atoms with Crippen LogP contribution in [0.2, 0.25) is 0 Å². The molecule has 0 atom stereocenters. The second-order valence-electron chi connectivity index (χ2n) is 2.31. The minimum absolute atomic E-state index is 0.566. The van der Waals surface area contributed by atoms with Crippen LogP contribution in [0.25, 0.3) is 0 Å². The highest BCUT2D eigenvalue weighted by Gasteiger charge is 2.00. The number of carbonyl (C=O) groups is 1. The van der Waals surface area contributed by atoms with Crippen LogP contribution in [0.1, 0.15) is 15.3 Å². The van der Waals surface area contributed by atoms with E-state index in [1.807, 2.05) is 0 Å². The summed E-state index contributed by atoms with van der Waals surface area (Å²) in [4.78, 5) is 12.7. The fourth-order valence-electron chi connectivity index (χ4n) is 0.976. The van der Waals surface area contributed by atoms with Gasteiger partial charge < -0.3 is 4.79 Å². The number of thiophene rings is 1. The lowest BCUT2D eigenvalue weighted by molar-refractivity contribution is -0.107. The Balaban J connectivity index is 2.91. The summed E-state index contributed by atoms with van der Waals surface area (Å²) in [6, 6.07) is 2.08. The molecule has 0 saturated heterocycles. The van der Waals surface area contributed by atoms with E-state index in [2.05, 4.69) is 19.9 Å². The SMILES string of the molecule is Cc1cc(CC=O)c(C)s1. The molecule has 0 N–H and O–H groups in total. The van der Waals surface area contributed by atoms with Gasteiger partial charge in [-0.3, -0.25) is 0 Å². The smallest absolute Gasteiger partial charge is 0.124 e. The largest absolute Gasteiger partial charge is 0.303 e. The van der Waals surface area contributed by atoms with Crippen molar-refractivity contribution in [3.8, 4) is 0 Å². The summed E-state index contributed by atoms with van der Waals surface area (Å²) in [7, 11) is 0. The van der Waals surface area contributed by atoms with Gasteiger partial charge >= 0.3 is 0 Å². The van der Waals surface area contributed by atoms with Gasteiger partial charge in [-0.1, -0.05) is 0 Å². The number of hydrogen-bond acceptors (Lipinski definition) is 2. The fraction of sp³-hybridized carbons (Fsp3) is 0.375. The van der Waals surface area contributed by atoms with Gasteiger partial charge in [0.15, 0.2) is 0 Å². The van der Waals surface area contributed by atoms with Crippen molar-refractivity contribution in [2.45, 2.75) is 20.3 Å². The Morgan fingerprint density at radius 1 is 1.60 bits per heavy atom. The Labute approximate surface area is 64.7 Å². The topological polar surface area (TPSA) is 17.1 Å². The summed E-state index contributed by atoms with van der Waals surface area (Å²) in [5.41, 5.74) is 1.18. The molecule has 0 aliphatic heterocycles. The third kappa shape index (κ3) is 1.45. The maximum Gasteiger partial charge on any atom is 0.124 e. The molecule has 0 spiro atoms. The number of carbonyl (C=O) groups excluding carboxylic acids is 1. The van der Waals surface area contributed by atoms with E-state index in [4.69, 9.17) is 0 Å². The van der Waals surface area contributed by atoms with Crippen LogP contribution in [0.5, 0.6) is 0 Å². The fourth-order valence-corrected chi connectivity index (χ4v) is 1.93. The first-order valence-electron chi connectivity index (χ1n) is 3.23. The summed E-state index contributed by atoms with van der Waals surface area (Å²) in [5, 5.41) is 0. The van der Waals surface area contributed by atoms with Crippen LogP contribution in [0, 0.1) is 13.8 Å². The van der Waals surface area contributed by atoms with E-state index in [9.17, 15) is 4.79 Å². The molecule has 0 aliphatic carbocycles. The standard InChI is InChI=1S/C8H10OS/c1-6-5-8(3-4-9)7(2)10-6/h4-5H,3H2,1-2H3. The van der Waals surface area contributed by atoms with Gasteiger partial charge in [0.2, 0.25) is 0 Å². The number of hydrogen-bond donors (Lipinski definition) is 0. The Bertz CT molecular complexity index is 237. The molecule has 0 radical (unpaired) electrons. The zero-order chi connectivity index (χ0) is 7.56. The Morgan fingerprint density at radius 3 is 2.70 bits per heavy atom. The van der Waals surface area contributed by atoms with Crippen LogP contribution in [-0.4, -0.2) is 6.29 Å². The molecule has 54 valence electrons. The van der Waals surface area contributed by atoms with Crippen LogP contribution in [-0.2, 0) is 11.2 Å². The van der Waals surface area contributed by atoms with Gasteiger partial charge in [0.25, 0.3) is 0 Å². The highest BCUT2D eigenvalue weighted by atomic mass is 32.1. The lowest BCUT2D eigenvalue weighted by Crippen LogP contribution is -1.83. The number of aldehydes is 1. The van der Waals surface area contributed by atoms with Gasteiger partial charge in [0.05, 0.1) is 0 Å². The zero-order valence-electron chi connectivity index (χ0n) is 6.18. The molecule has 0 bridgehead atoms. The van der Waals surface area contributed by atoms with Crippen LogP contribution in [0.3, 0.4) is 0 Å². The van der Waals surface area contributed by atoms with E-state index in [-0.39, 0.29) is 0 Å². The minimum atomic E-state index is 0.566. The van der Waals surface area contributed by atoms with E-state index < -0.39 is 0 Å². The zero-order valence-corrected chi connectivity index (χ0v) is 6.99. The van der Waals surface area contributed by atoms with Crippen LogP contribution in [0.15, 0.2) is 6.07 Å². The molecular formula is C8H10OS.